The first-order valence-corrected chi connectivity index (χ1v) is 7.76. The zero-order valence-corrected chi connectivity index (χ0v) is 11.7. The second kappa shape index (κ2) is 6.95. The van der Waals surface area contributed by atoms with Crippen molar-refractivity contribution < 1.29 is 13.6 Å². The molecule has 0 saturated carbocycles. The SMILES string of the molecule is CCOP(=O)(CC)OCCc1ccc(C)cc1. The van der Waals surface area contributed by atoms with Crippen LogP contribution in [0.1, 0.15) is 25.0 Å². The third-order valence-electron chi connectivity index (χ3n) is 2.51. The average molecular weight is 256 g/mol. The van der Waals surface area contributed by atoms with Crippen LogP contribution in [0.3, 0.4) is 0 Å². The topological polar surface area (TPSA) is 35.5 Å². The van der Waals surface area contributed by atoms with Gasteiger partial charge in [-0.1, -0.05) is 36.8 Å². The maximum Gasteiger partial charge on any atom is 0.330 e. The molecule has 0 aliphatic rings. The highest BCUT2D eigenvalue weighted by atomic mass is 31.2. The van der Waals surface area contributed by atoms with Gasteiger partial charge in [0, 0.05) is 6.16 Å². The highest BCUT2D eigenvalue weighted by Gasteiger charge is 2.20. The Morgan fingerprint density at radius 2 is 1.76 bits per heavy atom. The van der Waals surface area contributed by atoms with Crippen molar-refractivity contribution in [1.29, 1.82) is 0 Å². The third-order valence-corrected chi connectivity index (χ3v) is 4.51. The summed E-state index contributed by atoms with van der Waals surface area (Å²) in [5.74, 6) is 0. The first-order valence-electron chi connectivity index (χ1n) is 6.03. The van der Waals surface area contributed by atoms with Crippen molar-refractivity contribution in [2.24, 2.45) is 0 Å². The second-order valence-electron chi connectivity index (χ2n) is 3.91. The summed E-state index contributed by atoms with van der Waals surface area (Å²) in [6.45, 7) is 6.57. The molecule has 0 aliphatic heterocycles. The van der Waals surface area contributed by atoms with Crippen LogP contribution in [-0.2, 0) is 20.0 Å². The first kappa shape index (κ1) is 14.4. The number of hydrogen-bond acceptors (Lipinski definition) is 3. The highest BCUT2D eigenvalue weighted by Crippen LogP contribution is 2.47. The Morgan fingerprint density at radius 3 is 2.29 bits per heavy atom. The molecule has 0 N–H and O–H groups in total. The van der Waals surface area contributed by atoms with E-state index >= 15 is 0 Å². The fraction of sp³-hybridized carbons (Fsp3) is 0.538. The normalized spacial score (nSPS) is 14.5. The van der Waals surface area contributed by atoms with Gasteiger partial charge in [0.1, 0.15) is 0 Å². The van der Waals surface area contributed by atoms with Crippen LogP contribution in [0.25, 0.3) is 0 Å². The van der Waals surface area contributed by atoms with Gasteiger partial charge in [-0.3, -0.25) is 4.57 Å². The Balaban J connectivity index is 2.41. The van der Waals surface area contributed by atoms with Crippen LogP contribution >= 0.6 is 7.60 Å². The molecular weight excluding hydrogens is 235 g/mol. The zero-order chi connectivity index (χ0) is 12.7. The van der Waals surface area contributed by atoms with E-state index in [4.69, 9.17) is 9.05 Å². The van der Waals surface area contributed by atoms with Gasteiger partial charge in [-0.25, -0.2) is 0 Å². The minimum atomic E-state index is -2.85. The highest BCUT2D eigenvalue weighted by molar-refractivity contribution is 7.53. The Hall–Kier alpha value is -0.630. The number of rotatable bonds is 7. The summed E-state index contributed by atoms with van der Waals surface area (Å²) in [7, 11) is -2.85. The standard InChI is InChI=1S/C13H21O3P/c1-4-15-17(14,5-2)16-11-10-13-8-6-12(3)7-9-13/h6-9H,4-5,10-11H2,1-3H3. The fourth-order valence-electron chi connectivity index (χ4n) is 1.47. The number of benzene rings is 1. The molecule has 1 atom stereocenters. The van der Waals surface area contributed by atoms with Crippen LogP contribution in [0, 0.1) is 6.92 Å². The summed E-state index contributed by atoms with van der Waals surface area (Å²) in [5, 5.41) is 0. The van der Waals surface area contributed by atoms with Crippen LogP contribution in [0.2, 0.25) is 0 Å². The van der Waals surface area contributed by atoms with Crippen LogP contribution in [0.4, 0.5) is 0 Å². The van der Waals surface area contributed by atoms with Crippen molar-refractivity contribution in [3.05, 3.63) is 35.4 Å². The lowest BCUT2D eigenvalue weighted by molar-refractivity contribution is 0.214. The van der Waals surface area contributed by atoms with Crippen molar-refractivity contribution in [3.8, 4) is 0 Å². The average Bonchev–Trinajstić information content (AvgIpc) is 2.32. The monoisotopic (exact) mass is 256 g/mol. The van der Waals surface area contributed by atoms with Crippen molar-refractivity contribution in [2.75, 3.05) is 19.4 Å². The third kappa shape index (κ3) is 5.03. The minimum Gasteiger partial charge on any atom is -0.309 e. The van der Waals surface area contributed by atoms with Gasteiger partial charge in [0.15, 0.2) is 0 Å². The van der Waals surface area contributed by atoms with Crippen LogP contribution in [-0.4, -0.2) is 19.4 Å². The molecule has 3 nitrogen and oxygen atoms in total. The molecule has 1 aromatic rings. The molecule has 1 unspecified atom stereocenters. The van der Waals surface area contributed by atoms with Gasteiger partial charge in [-0.2, -0.15) is 0 Å². The van der Waals surface area contributed by atoms with Crippen molar-refractivity contribution >= 4 is 7.60 Å². The summed E-state index contributed by atoms with van der Waals surface area (Å²) in [5.41, 5.74) is 2.43. The van der Waals surface area contributed by atoms with E-state index in [0.717, 1.165) is 6.42 Å². The molecule has 0 bridgehead atoms. The van der Waals surface area contributed by atoms with E-state index in [2.05, 4.69) is 31.2 Å². The summed E-state index contributed by atoms with van der Waals surface area (Å²) in [6.07, 6.45) is 1.19. The predicted molar refractivity (Wildman–Crippen MR) is 70.6 cm³/mol. The summed E-state index contributed by atoms with van der Waals surface area (Å²) in [4.78, 5) is 0. The fourth-order valence-corrected chi connectivity index (χ4v) is 2.68. The molecule has 1 rings (SSSR count). The lowest BCUT2D eigenvalue weighted by atomic mass is 10.1. The van der Waals surface area contributed by atoms with E-state index in [1.54, 1.807) is 0 Å². The summed E-state index contributed by atoms with van der Waals surface area (Å²) < 4.78 is 22.5. The van der Waals surface area contributed by atoms with Gasteiger partial charge in [-0.15, -0.1) is 0 Å². The van der Waals surface area contributed by atoms with Crippen molar-refractivity contribution in [1.82, 2.24) is 0 Å². The van der Waals surface area contributed by atoms with Gasteiger partial charge in [0.25, 0.3) is 0 Å². The maximum absolute atomic E-state index is 12.0. The lowest BCUT2D eigenvalue weighted by Crippen LogP contribution is -2.02. The summed E-state index contributed by atoms with van der Waals surface area (Å²) >= 11 is 0. The molecule has 0 amide bonds. The van der Waals surface area contributed by atoms with E-state index in [-0.39, 0.29) is 0 Å². The number of aryl methyl sites for hydroxylation is 1. The second-order valence-corrected chi connectivity index (χ2v) is 6.28. The minimum absolute atomic E-state index is 0.425. The molecule has 0 aliphatic carbocycles. The Kier molecular flexibility index (Phi) is 5.90. The van der Waals surface area contributed by atoms with Crippen LogP contribution in [0.15, 0.2) is 24.3 Å². The van der Waals surface area contributed by atoms with Gasteiger partial charge in [0.2, 0.25) is 0 Å². The first-order chi connectivity index (χ1) is 8.09. The van der Waals surface area contributed by atoms with Gasteiger partial charge < -0.3 is 9.05 Å². The van der Waals surface area contributed by atoms with E-state index in [1.165, 1.54) is 11.1 Å². The predicted octanol–water partition coefficient (Wildman–Crippen LogP) is 3.80. The van der Waals surface area contributed by atoms with Crippen molar-refractivity contribution in [2.45, 2.75) is 27.2 Å². The molecule has 17 heavy (non-hydrogen) atoms. The number of hydrogen-bond donors (Lipinski definition) is 0. The Bertz CT molecular complexity index is 373. The molecule has 0 spiro atoms. The molecule has 0 heterocycles. The maximum atomic E-state index is 12.0. The van der Waals surface area contributed by atoms with Gasteiger partial charge >= 0.3 is 7.60 Å². The Morgan fingerprint density at radius 1 is 1.12 bits per heavy atom. The molecular formula is C13H21O3P. The van der Waals surface area contributed by atoms with E-state index in [1.807, 2.05) is 13.8 Å². The quantitative estimate of drug-likeness (QED) is 0.696. The molecule has 1 aromatic carbocycles. The molecule has 96 valence electrons. The van der Waals surface area contributed by atoms with E-state index < -0.39 is 7.60 Å². The van der Waals surface area contributed by atoms with Gasteiger partial charge in [0.05, 0.1) is 13.2 Å². The van der Waals surface area contributed by atoms with Gasteiger partial charge in [-0.05, 0) is 25.8 Å². The van der Waals surface area contributed by atoms with Crippen LogP contribution < -0.4 is 0 Å². The Labute approximate surface area is 104 Å². The molecule has 0 radical (unpaired) electrons. The van der Waals surface area contributed by atoms with Crippen LogP contribution in [0.5, 0.6) is 0 Å². The van der Waals surface area contributed by atoms with E-state index in [0.29, 0.717) is 19.4 Å². The molecule has 0 fully saturated rings. The van der Waals surface area contributed by atoms with E-state index in [9.17, 15) is 4.57 Å². The summed E-state index contributed by atoms with van der Waals surface area (Å²) in [6, 6.07) is 8.26. The van der Waals surface area contributed by atoms with Crippen molar-refractivity contribution in [3.63, 3.8) is 0 Å². The zero-order valence-electron chi connectivity index (χ0n) is 10.8. The molecule has 4 heteroatoms. The largest absolute Gasteiger partial charge is 0.330 e. The molecule has 0 saturated heterocycles. The molecule has 0 aromatic heterocycles. The lowest BCUT2D eigenvalue weighted by Gasteiger charge is -2.15. The smallest absolute Gasteiger partial charge is 0.309 e.